The average Bonchev–Trinajstić information content (AvgIpc) is 3.03. The van der Waals surface area contributed by atoms with E-state index in [1.54, 1.807) is 7.11 Å². The second kappa shape index (κ2) is 5.09. The Bertz CT molecular complexity index is 500. The summed E-state index contributed by atoms with van der Waals surface area (Å²) in [4.78, 5) is 0. The molecule has 0 radical (unpaired) electrons. The fourth-order valence-corrected chi connectivity index (χ4v) is 3.71. The van der Waals surface area contributed by atoms with Gasteiger partial charge in [-0.3, -0.25) is 0 Å². The number of rotatable bonds is 4. The fourth-order valence-electron chi connectivity index (χ4n) is 3.52. The number of hydrogen-bond acceptors (Lipinski definition) is 2. The van der Waals surface area contributed by atoms with Crippen LogP contribution in [-0.2, 0) is 0 Å². The molecule has 4 unspecified atom stereocenters. The minimum atomic E-state index is 0.478. The van der Waals surface area contributed by atoms with Gasteiger partial charge in [-0.25, -0.2) is 0 Å². The molecule has 1 aromatic rings. The highest BCUT2D eigenvalue weighted by Crippen LogP contribution is 2.45. The van der Waals surface area contributed by atoms with E-state index in [1.165, 1.54) is 12.8 Å². The Kier molecular flexibility index (Phi) is 3.44. The molecule has 0 amide bonds. The van der Waals surface area contributed by atoms with Gasteiger partial charge >= 0.3 is 0 Å². The molecular formula is C16H20ClNO. The van der Waals surface area contributed by atoms with E-state index in [1.807, 2.05) is 18.2 Å². The quantitative estimate of drug-likeness (QED) is 0.826. The summed E-state index contributed by atoms with van der Waals surface area (Å²) < 4.78 is 5.26. The summed E-state index contributed by atoms with van der Waals surface area (Å²) in [6, 6.07) is 6.36. The Labute approximate surface area is 119 Å². The molecule has 0 heterocycles. The van der Waals surface area contributed by atoms with Crippen LogP contribution >= 0.6 is 11.6 Å². The van der Waals surface area contributed by atoms with Crippen LogP contribution in [-0.4, -0.2) is 13.2 Å². The van der Waals surface area contributed by atoms with Crippen molar-refractivity contribution in [2.75, 3.05) is 12.4 Å². The molecule has 1 saturated carbocycles. The van der Waals surface area contributed by atoms with Crippen molar-refractivity contribution in [3.8, 4) is 5.75 Å². The molecule has 1 aromatic carbocycles. The Morgan fingerprint density at radius 1 is 1.32 bits per heavy atom. The second-order valence-electron chi connectivity index (χ2n) is 5.73. The van der Waals surface area contributed by atoms with Gasteiger partial charge in [0.25, 0.3) is 0 Å². The highest BCUT2D eigenvalue weighted by atomic mass is 35.5. The third-order valence-corrected chi connectivity index (χ3v) is 4.83. The zero-order chi connectivity index (χ0) is 13.4. The third-order valence-electron chi connectivity index (χ3n) is 4.52. The lowest BCUT2D eigenvalue weighted by molar-refractivity contribution is 0.399. The van der Waals surface area contributed by atoms with Gasteiger partial charge in [-0.05, 0) is 49.7 Å². The number of anilines is 1. The lowest BCUT2D eigenvalue weighted by Gasteiger charge is -2.27. The molecule has 2 aliphatic carbocycles. The number of ether oxygens (including phenoxy) is 1. The molecule has 0 aromatic heterocycles. The average molecular weight is 278 g/mol. The molecule has 2 nitrogen and oxygen atoms in total. The number of methoxy groups -OCH3 is 1. The monoisotopic (exact) mass is 277 g/mol. The Morgan fingerprint density at radius 3 is 2.79 bits per heavy atom. The molecule has 1 fully saturated rings. The summed E-state index contributed by atoms with van der Waals surface area (Å²) in [5, 5.41) is 4.25. The lowest BCUT2D eigenvalue weighted by atomic mass is 9.87. The van der Waals surface area contributed by atoms with Crippen LogP contribution in [0.1, 0.15) is 19.8 Å². The van der Waals surface area contributed by atoms with E-state index < -0.39 is 0 Å². The molecule has 1 N–H and O–H groups in total. The minimum Gasteiger partial charge on any atom is -0.495 e. The van der Waals surface area contributed by atoms with E-state index in [4.69, 9.17) is 16.3 Å². The maximum atomic E-state index is 6.05. The first-order chi connectivity index (χ1) is 9.17. The smallest absolute Gasteiger partial charge is 0.139 e. The Morgan fingerprint density at radius 2 is 2.16 bits per heavy atom. The number of fused-ring (bicyclic) bond motifs is 2. The van der Waals surface area contributed by atoms with Gasteiger partial charge in [0.15, 0.2) is 0 Å². The third kappa shape index (κ3) is 2.46. The van der Waals surface area contributed by atoms with Gasteiger partial charge in [-0.2, -0.15) is 0 Å². The predicted molar refractivity (Wildman–Crippen MR) is 79.9 cm³/mol. The number of halogens is 1. The van der Waals surface area contributed by atoms with E-state index in [0.29, 0.717) is 11.1 Å². The van der Waals surface area contributed by atoms with Gasteiger partial charge in [-0.1, -0.05) is 23.8 Å². The second-order valence-corrected chi connectivity index (χ2v) is 6.13. The normalized spacial score (nSPS) is 29.5. The van der Waals surface area contributed by atoms with Crippen molar-refractivity contribution in [3.05, 3.63) is 35.4 Å². The zero-order valence-corrected chi connectivity index (χ0v) is 12.2. The van der Waals surface area contributed by atoms with Crippen LogP contribution in [0.4, 0.5) is 5.69 Å². The first kappa shape index (κ1) is 12.9. The highest BCUT2D eigenvalue weighted by Gasteiger charge is 2.38. The molecule has 3 rings (SSSR count). The topological polar surface area (TPSA) is 21.3 Å². The molecule has 102 valence electrons. The van der Waals surface area contributed by atoms with E-state index in [0.717, 1.165) is 29.2 Å². The summed E-state index contributed by atoms with van der Waals surface area (Å²) in [6.45, 7) is 2.28. The number of allylic oxidation sites excluding steroid dienone is 2. The summed E-state index contributed by atoms with van der Waals surface area (Å²) in [5.41, 5.74) is 1.08. The van der Waals surface area contributed by atoms with E-state index in [9.17, 15) is 0 Å². The molecule has 2 bridgehead atoms. The van der Waals surface area contributed by atoms with E-state index >= 15 is 0 Å². The SMILES string of the molecule is COc1cc(NC(C)C2CC3C=CC2C3)ccc1Cl. The minimum absolute atomic E-state index is 0.478. The molecule has 0 saturated heterocycles. The van der Waals surface area contributed by atoms with Crippen molar-refractivity contribution in [2.24, 2.45) is 17.8 Å². The van der Waals surface area contributed by atoms with Crippen molar-refractivity contribution in [2.45, 2.75) is 25.8 Å². The van der Waals surface area contributed by atoms with Gasteiger partial charge in [-0.15, -0.1) is 0 Å². The molecular weight excluding hydrogens is 258 g/mol. The van der Waals surface area contributed by atoms with Crippen LogP contribution in [0, 0.1) is 17.8 Å². The maximum Gasteiger partial charge on any atom is 0.139 e. The molecule has 4 atom stereocenters. The van der Waals surface area contributed by atoms with Crippen LogP contribution in [0.5, 0.6) is 5.75 Å². The van der Waals surface area contributed by atoms with Gasteiger partial charge in [0.1, 0.15) is 5.75 Å². The summed E-state index contributed by atoms with van der Waals surface area (Å²) >= 11 is 6.05. The summed E-state index contributed by atoms with van der Waals surface area (Å²) in [7, 11) is 1.65. The van der Waals surface area contributed by atoms with Gasteiger partial charge in [0.05, 0.1) is 12.1 Å². The number of nitrogens with one attached hydrogen (secondary N) is 1. The van der Waals surface area contributed by atoms with Crippen molar-refractivity contribution in [3.63, 3.8) is 0 Å². The highest BCUT2D eigenvalue weighted by molar-refractivity contribution is 6.32. The Hall–Kier alpha value is -1.15. The summed E-state index contributed by atoms with van der Waals surface area (Å²) in [6.07, 6.45) is 7.46. The van der Waals surface area contributed by atoms with E-state index in [2.05, 4.69) is 24.4 Å². The van der Waals surface area contributed by atoms with Gasteiger partial charge in [0.2, 0.25) is 0 Å². The molecule has 19 heavy (non-hydrogen) atoms. The Balaban J connectivity index is 1.69. The molecule has 3 heteroatoms. The summed E-state index contributed by atoms with van der Waals surface area (Å²) in [5.74, 6) is 3.06. The van der Waals surface area contributed by atoms with Crippen LogP contribution in [0.25, 0.3) is 0 Å². The van der Waals surface area contributed by atoms with Crippen LogP contribution in [0.3, 0.4) is 0 Å². The van der Waals surface area contributed by atoms with Crippen molar-refractivity contribution in [1.82, 2.24) is 0 Å². The number of hydrogen-bond donors (Lipinski definition) is 1. The van der Waals surface area contributed by atoms with Crippen LogP contribution < -0.4 is 10.1 Å². The van der Waals surface area contributed by atoms with Crippen molar-refractivity contribution < 1.29 is 4.74 Å². The van der Waals surface area contributed by atoms with Gasteiger partial charge < -0.3 is 10.1 Å². The van der Waals surface area contributed by atoms with Gasteiger partial charge in [0, 0.05) is 17.8 Å². The van der Waals surface area contributed by atoms with Crippen molar-refractivity contribution >= 4 is 17.3 Å². The number of benzene rings is 1. The lowest BCUT2D eigenvalue weighted by Crippen LogP contribution is -2.28. The first-order valence-electron chi connectivity index (χ1n) is 6.96. The van der Waals surface area contributed by atoms with E-state index in [-0.39, 0.29) is 0 Å². The standard InChI is InChI=1S/C16H20ClNO/c1-10(14-8-11-3-4-12(14)7-11)18-13-5-6-15(17)16(9-13)19-2/h3-6,9-12,14,18H,7-8H2,1-2H3. The fraction of sp³-hybridized carbons (Fsp3) is 0.500. The largest absolute Gasteiger partial charge is 0.495 e. The molecule has 0 aliphatic heterocycles. The first-order valence-corrected chi connectivity index (χ1v) is 7.33. The predicted octanol–water partition coefficient (Wildman–Crippen LogP) is 4.36. The van der Waals surface area contributed by atoms with Crippen LogP contribution in [0.2, 0.25) is 5.02 Å². The maximum absolute atomic E-state index is 6.05. The van der Waals surface area contributed by atoms with Crippen LogP contribution in [0.15, 0.2) is 30.4 Å². The molecule has 0 spiro atoms. The zero-order valence-electron chi connectivity index (χ0n) is 11.4. The van der Waals surface area contributed by atoms with Crippen molar-refractivity contribution in [1.29, 1.82) is 0 Å². The molecule has 2 aliphatic rings.